The van der Waals surface area contributed by atoms with Gasteiger partial charge in [-0.2, -0.15) is 0 Å². The number of carbonyl (C=O) groups excluding carboxylic acids is 2. The summed E-state index contributed by atoms with van der Waals surface area (Å²) in [6.45, 7) is 3.53. The number of fused-ring (bicyclic) bond motifs is 1. The number of carbonyl (C=O) groups is 2. The van der Waals surface area contributed by atoms with Crippen molar-refractivity contribution in [2.75, 3.05) is 7.05 Å². The molecule has 3 amide bonds. The first-order valence-corrected chi connectivity index (χ1v) is 10.0. The molecule has 2 aromatic carbocycles. The number of aromatic nitrogens is 2. The van der Waals surface area contributed by atoms with E-state index in [9.17, 15) is 14.4 Å². The van der Waals surface area contributed by atoms with Crippen molar-refractivity contribution in [1.29, 1.82) is 0 Å². The van der Waals surface area contributed by atoms with E-state index in [0.717, 1.165) is 17.3 Å². The van der Waals surface area contributed by atoms with Crippen LogP contribution in [-0.4, -0.2) is 33.8 Å². The Bertz CT molecular complexity index is 1160. The lowest BCUT2D eigenvalue weighted by molar-refractivity contribution is -0.119. The lowest BCUT2D eigenvalue weighted by Gasteiger charge is -2.17. The molecule has 3 rings (SSSR count). The van der Waals surface area contributed by atoms with Crippen molar-refractivity contribution in [3.05, 3.63) is 63.4 Å². The van der Waals surface area contributed by atoms with Gasteiger partial charge >= 0.3 is 6.03 Å². The molecule has 1 unspecified atom stereocenters. The molecule has 3 aromatic rings. The van der Waals surface area contributed by atoms with Gasteiger partial charge < -0.3 is 5.32 Å². The van der Waals surface area contributed by atoms with Crippen molar-refractivity contribution in [3.8, 4) is 5.69 Å². The fourth-order valence-electron chi connectivity index (χ4n) is 2.73. The van der Waals surface area contributed by atoms with E-state index in [0.29, 0.717) is 26.8 Å². The first-order valence-electron chi connectivity index (χ1n) is 8.79. The van der Waals surface area contributed by atoms with Gasteiger partial charge in [0.2, 0.25) is 5.91 Å². The summed E-state index contributed by atoms with van der Waals surface area (Å²) in [5.41, 5.74) is 1.73. The van der Waals surface area contributed by atoms with Crippen LogP contribution in [0.15, 0.2) is 52.4 Å². The summed E-state index contributed by atoms with van der Waals surface area (Å²) in [4.78, 5) is 41.6. The zero-order chi connectivity index (χ0) is 21.1. The second-order valence-electron chi connectivity index (χ2n) is 6.31. The fourth-order valence-corrected chi connectivity index (χ4v) is 3.82. The van der Waals surface area contributed by atoms with Crippen LogP contribution in [0.5, 0.6) is 0 Å². The van der Waals surface area contributed by atoms with Gasteiger partial charge in [0.25, 0.3) is 5.56 Å². The van der Waals surface area contributed by atoms with Crippen molar-refractivity contribution in [3.63, 3.8) is 0 Å². The molecule has 0 aliphatic rings. The molecule has 0 saturated heterocycles. The molecule has 0 spiro atoms. The summed E-state index contributed by atoms with van der Waals surface area (Å²) in [5, 5.41) is 5.10. The van der Waals surface area contributed by atoms with E-state index < -0.39 is 17.2 Å². The number of halogens is 1. The molecule has 150 valence electrons. The molecule has 2 N–H and O–H groups in total. The second-order valence-corrected chi connectivity index (χ2v) is 8.06. The summed E-state index contributed by atoms with van der Waals surface area (Å²) in [5.74, 6) is -0.494. The average Bonchev–Trinajstić information content (AvgIpc) is 2.68. The van der Waals surface area contributed by atoms with Crippen LogP contribution in [0, 0.1) is 6.92 Å². The molecule has 9 heteroatoms. The van der Waals surface area contributed by atoms with Crippen LogP contribution < -0.4 is 16.2 Å². The van der Waals surface area contributed by atoms with Crippen LogP contribution in [0.25, 0.3) is 16.6 Å². The lowest BCUT2D eigenvalue weighted by atomic mass is 10.2. The van der Waals surface area contributed by atoms with Gasteiger partial charge in [0.15, 0.2) is 5.16 Å². The number of para-hydroxylation sites is 1. The van der Waals surface area contributed by atoms with Crippen LogP contribution in [0.2, 0.25) is 5.02 Å². The smallest absolute Gasteiger partial charge is 0.321 e. The van der Waals surface area contributed by atoms with Crippen LogP contribution in [0.4, 0.5) is 4.79 Å². The van der Waals surface area contributed by atoms with Gasteiger partial charge in [0.1, 0.15) is 0 Å². The number of amides is 3. The van der Waals surface area contributed by atoms with Gasteiger partial charge in [-0.05, 0) is 43.7 Å². The van der Waals surface area contributed by atoms with Gasteiger partial charge in [-0.15, -0.1) is 0 Å². The zero-order valence-electron chi connectivity index (χ0n) is 16.0. The van der Waals surface area contributed by atoms with Gasteiger partial charge in [-0.25, -0.2) is 9.78 Å². The summed E-state index contributed by atoms with van der Waals surface area (Å²) in [6, 6.07) is 11.7. The van der Waals surface area contributed by atoms with Gasteiger partial charge in [0.05, 0.1) is 21.8 Å². The maximum absolute atomic E-state index is 13.3. The first kappa shape index (κ1) is 20.9. The second kappa shape index (κ2) is 8.67. The number of benzene rings is 2. The van der Waals surface area contributed by atoms with E-state index in [-0.39, 0.29) is 5.56 Å². The molecule has 0 aliphatic heterocycles. The van der Waals surface area contributed by atoms with Gasteiger partial charge in [-0.1, -0.05) is 41.6 Å². The molecule has 7 nitrogen and oxygen atoms in total. The number of hydrogen-bond acceptors (Lipinski definition) is 5. The third-order valence-corrected chi connectivity index (χ3v) is 5.56. The molecule has 0 radical (unpaired) electrons. The Kier molecular flexibility index (Phi) is 6.24. The number of hydrogen-bond donors (Lipinski definition) is 2. The molecule has 0 bridgehead atoms. The van der Waals surface area contributed by atoms with Crippen molar-refractivity contribution < 1.29 is 9.59 Å². The largest absolute Gasteiger partial charge is 0.341 e. The number of nitrogens with one attached hydrogen (secondary N) is 2. The third kappa shape index (κ3) is 4.44. The molecule has 0 aliphatic carbocycles. The highest BCUT2D eigenvalue weighted by Gasteiger charge is 2.22. The number of urea groups is 1. The van der Waals surface area contributed by atoms with Crippen LogP contribution in [-0.2, 0) is 4.79 Å². The summed E-state index contributed by atoms with van der Waals surface area (Å²) in [6.07, 6.45) is 0. The van der Waals surface area contributed by atoms with E-state index in [1.54, 1.807) is 25.1 Å². The number of aryl methyl sites for hydroxylation is 1. The van der Waals surface area contributed by atoms with E-state index in [2.05, 4.69) is 15.6 Å². The standard InChI is InChI=1S/C20H19ClN4O3S/c1-11-6-4-5-7-16(11)25-18(27)14-9-8-13(21)10-15(14)23-20(25)29-12(2)17(26)24-19(28)22-3/h4-10,12H,1-3H3,(H2,22,24,26,28). The minimum absolute atomic E-state index is 0.262. The molecule has 1 heterocycles. The van der Waals surface area contributed by atoms with E-state index in [4.69, 9.17) is 11.6 Å². The number of thioether (sulfide) groups is 1. The SMILES string of the molecule is CNC(=O)NC(=O)C(C)Sc1nc2cc(Cl)ccc2c(=O)n1-c1ccccc1C. The Morgan fingerprint density at radius 2 is 1.93 bits per heavy atom. The van der Waals surface area contributed by atoms with Gasteiger partial charge in [0, 0.05) is 12.1 Å². The normalized spacial score (nSPS) is 11.9. The quantitative estimate of drug-likeness (QED) is 0.489. The maximum atomic E-state index is 13.3. The van der Waals surface area contributed by atoms with Crippen LogP contribution in [0.3, 0.4) is 0 Å². The zero-order valence-corrected chi connectivity index (χ0v) is 17.6. The highest BCUT2D eigenvalue weighted by atomic mass is 35.5. The van der Waals surface area contributed by atoms with Crippen molar-refractivity contribution in [2.45, 2.75) is 24.3 Å². The third-order valence-electron chi connectivity index (χ3n) is 4.27. The summed E-state index contributed by atoms with van der Waals surface area (Å²) >= 11 is 7.16. The Hall–Kier alpha value is -2.84. The molecule has 1 atom stereocenters. The Morgan fingerprint density at radius 3 is 2.62 bits per heavy atom. The molecule has 0 fully saturated rings. The van der Waals surface area contributed by atoms with E-state index >= 15 is 0 Å². The molecule has 1 aromatic heterocycles. The monoisotopic (exact) mass is 430 g/mol. The summed E-state index contributed by atoms with van der Waals surface area (Å²) in [7, 11) is 1.42. The van der Waals surface area contributed by atoms with Crippen molar-refractivity contribution in [1.82, 2.24) is 20.2 Å². The van der Waals surface area contributed by atoms with Gasteiger partial charge in [-0.3, -0.25) is 19.5 Å². The van der Waals surface area contributed by atoms with Crippen molar-refractivity contribution >= 4 is 46.2 Å². The average molecular weight is 431 g/mol. The highest BCUT2D eigenvalue weighted by Crippen LogP contribution is 2.27. The number of nitrogens with zero attached hydrogens (tertiary/aromatic N) is 2. The van der Waals surface area contributed by atoms with Crippen molar-refractivity contribution in [2.24, 2.45) is 0 Å². The molecular weight excluding hydrogens is 412 g/mol. The lowest BCUT2D eigenvalue weighted by Crippen LogP contribution is -2.41. The minimum atomic E-state index is -0.675. The molecular formula is C20H19ClN4O3S. The van der Waals surface area contributed by atoms with E-state index in [1.807, 2.05) is 31.2 Å². The number of rotatable bonds is 4. The topological polar surface area (TPSA) is 93.1 Å². The first-order chi connectivity index (χ1) is 13.8. The van der Waals surface area contributed by atoms with Crippen LogP contribution >= 0.6 is 23.4 Å². The Balaban J connectivity index is 2.15. The fraction of sp³-hybridized carbons (Fsp3) is 0.200. The minimum Gasteiger partial charge on any atom is -0.341 e. The van der Waals surface area contributed by atoms with Crippen LogP contribution in [0.1, 0.15) is 12.5 Å². The summed E-state index contributed by atoms with van der Waals surface area (Å²) < 4.78 is 1.49. The predicted molar refractivity (Wildman–Crippen MR) is 115 cm³/mol. The number of imide groups is 1. The maximum Gasteiger partial charge on any atom is 0.321 e. The predicted octanol–water partition coefficient (Wildman–Crippen LogP) is 3.28. The Morgan fingerprint density at radius 1 is 1.21 bits per heavy atom. The molecule has 29 heavy (non-hydrogen) atoms. The highest BCUT2D eigenvalue weighted by molar-refractivity contribution is 8.00. The van der Waals surface area contributed by atoms with E-state index in [1.165, 1.54) is 11.6 Å². The molecule has 0 saturated carbocycles. The Labute approximate surface area is 176 Å².